The summed E-state index contributed by atoms with van der Waals surface area (Å²) in [4.78, 5) is 36.5. The number of anilines is 2. The molecule has 2 aliphatic rings. The molecule has 0 radical (unpaired) electrons. The zero-order chi connectivity index (χ0) is 33.3. The van der Waals surface area contributed by atoms with Crippen LogP contribution >= 0.6 is 0 Å². The summed E-state index contributed by atoms with van der Waals surface area (Å²) in [5.41, 5.74) is 4.26. The SMILES string of the molecule is Cc1cccc(C)c1-c1cc2nc(n1)NS(=O)(=O)c1cccc(c1)C(=O)N(Cc1cncc(N(C)CC(C)C)n1)[C@H](CC1CC1)CO2. The molecule has 0 spiro atoms. The number of carbonyl (C=O) groups is 1. The first kappa shape index (κ1) is 32.4. The standard InChI is InChI=1S/C35H41N7O4S/c1-22(2)19-41(5)31-18-36-17-27(37-31)20-42-28(14-25-12-13-25)21-46-32-16-30(33-23(3)8-6-9-24(33)4)38-35(39-32)40-47(44,45)29-11-7-10-26(15-29)34(42)43/h6-11,15-18,22,25,28H,12-14,19-21H2,1-5H3,(H,38,39,40)/t28-/m1/s1. The van der Waals surface area contributed by atoms with Crippen molar-refractivity contribution in [3.8, 4) is 17.1 Å². The summed E-state index contributed by atoms with van der Waals surface area (Å²) in [5.74, 6) is 1.41. The van der Waals surface area contributed by atoms with Crippen LogP contribution in [0.25, 0.3) is 11.3 Å². The van der Waals surface area contributed by atoms with E-state index in [9.17, 15) is 13.2 Å². The third kappa shape index (κ3) is 7.54. The first-order valence-electron chi connectivity index (χ1n) is 16.0. The van der Waals surface area contributed by atoms with Crippen LogP contribution in [0.1, 0.15) is 60.3 Å². The average molecular weight is 656 g/mol. The number of sulfonamides is 1. The normalized spacial score (nSPS) is 17.6. The third-order valence-electron chi connectivity index (χ3n) is 8.52. The van der Waals surface area contributed by atoms with E-state index in [1.807, 2.05) is 39.1 Å². The lowest BCUT2D eigenvalue weighted by molar-refractivity contribution is 0.0561. The van der Waals surface area contributed by atoms with Gasteiger partial charge in [0, 0.05) is 30.8 Å². The number of benzene rings is 2. The van der Waals surface area contributed by atoms with E-state index in [1.54, 1.807) is 35.5 Å². The van der Waals surface area contributed by atoms with E-state index in [4.69, 9.17) is 9.72 Å². The molecule has 0 unspecified atom stereocenters. The lowest BCUT2D eigenvalue weighted by Crippen LogP contribution is -2.44. The van der Waals surface area contributed by atoms with Crippen LogP contribution < -0.4 is 14.4 Å². The summed E-state index contributed by atoms with van der Waals surface area (Å²) in [6.07, 6.45) is 6.29. The first-order chi connectivity index (χ1) is 22.5. The quantitative estimate of drug-likeness (QED) is 0.256. The molecule has 47 heavy (non-hydrogen) atoms. The molecular weight excluding hydrogens is 614 g/mol. The van der Waals surface area contributed by atoms with Gasteiger partial charge in [-0.05, 0) is 61.4 Å². The maximum atomic E-state index is 14.4. The van der Waals surface area contributed by atoms with E-state index in [2.05, 4.69) is 38.4 Å². The molecular formula is C35H41N7O4S. The number of hydrogen-bond donors (Lipinski definition) is 1. The molecule has 3 heterocycles. The Morgan fingerprint density at radius 3 is 2.49 bits per heavy atom. The highest BCUT2D eigenvalue weighted by Crippen LogP contribution is 2.36. The van der Waals surface area contributed by atoms with Crippen molar-refractivity contribution in [2.75, 3.05) is 29.8 Å². The van der Waals surface area contributed by atoms with Gasteiger partial charge in [0.05, 0.1) is 41.3 Å². The minimum absolute atomic E-state index is 0.0677. The Bertz CT molecular complexity index is 1870. The van der Waals surface area contributed by atoms with E-state index in [0.29, 0.717) is 23.2 Å². The molecule has 12 heteroatoms. The molecule has 4 aromatic rings. The third-order valence-corrected chi connectivity index (χ3v) is 9.84. The smallest absolute Gasteiger partial charge is 0.264 e. The number of nitrogens with zero attached hydrogens (tertiary/aromatic N) is 6. The number of hydrogen-bond acceptors (Lipinski definition) is 9. The number of fused-ring (bicyclic) bond motifs is 4. The van der Waals surface area contributed by atoms with Crippen molar-refractivity contribution in [2.24, 2.45) is 11.8 Å². The summed E-state index contributed by atoms with van der Waals surface area (Å²) in [6, 6.07) is 13.4. The van der Waals surface area contributed by atoms with Crippen molar-refractivity contribution in [1.82, 2.24) is 24.8 Å². The van der Waals surface area contributed by atoms with Gasteiger partial charge in [-0.2, -0.15) is 4.98 Å². The second-order valence-corrected chi connectivity index (χ2v) is 14.7. The predicted octanol–water partition coefficient (Wildman–Crippen LogP) is 5.65. The lowest BCUT2D eigenvalue weighted by atomic mass is 10.00. The summed E-state index contributed by atoms with van der Waals surface area (Å²) in [6.45, 7) is 9.38. The van der Waals surface area contributed by atoms with E-state index >= 15 is 0 Å². The van der Waals surface area contributed by atoms with Gasteiger partial charge in [0.15, 0.2) is 0 Å². The van der Waals surface area contributed by atoms with Crippen LogP contribution in [-0.2, 0) is 16.6 Å². The number of ether oxygens (including phenoxy) is 1. The summed E-state index contributed by atoms with van der Waals surface area (Å²) in [5, 5.41) is 0. The fraction of sp³-hybridized carbons (Fsp3) is 0.400. The molecule has 11 nitrogen and oxygen atoms in total. The Hall–Kier alpha value is -4.58. The molecule has 1 atom stereocenters. The van der Waals surface area contributed by atoms with E-state index < -0.39 is 10.0 Å². The van der Waals surface area contributed by atoms with Gasteiger partial charge in [-0.3, -0.25) is 9.78 Å². The number of rotatable bonds is 8. The van der Waals surface area contributed by atoms with Crippen LogP contribution in [-0.4, -0.2) is 65.4 Å². The Labute approximate surface area is 276 Å². The number of nitrogens with one attached hydrogen (secondary N) is 1. The molecule has 1 aliphatic heterocycles. The molecule has 1 N–H and O–H groups in total. The molecule has 2 aromatic carbocycles. The summed E-state index contributed by atoms with van der Waals surface area (Å²) in [7, 11) is -2.18. The molecule has 0 saturated heterocycles. The maximum Gasteiger partial charge on any atom is 0.264 e. The van der Waals surface area contributed by atoms with Gasteiger partial charge in [-0.25, -0.2) is 23.1 Å². The van der Waals surface area contributed by atoms with Crippen molar-refractivity contribution in [3.05, 3.63) is 83.3 Å². The molecule has 4 bridgehead atoms. The molecule has 2 aromatic heterocycles. The monoisotopic (exact) mass is 655 g/mol. The lowest BCUT2D eigenvalue weighted by Gasteiger charge is -2.32. The van der Waals surface area contributed by atoms with E-state index in [1.165, 1.54) is 12.1 Å². The first-order valence-corrected chi connectivity index (χ1v) is 17.5. The Morgan fingerprint density at radius 1 is 1.02 bits per heavy atom. The van der Waals surface area contributed by atoms with E-state index in [-0.39, 0.29) is 47.4 Å². The van der Waals surface area contributed by atoms with Crippen LogP contribution in [0.2, 0.25) is 0 Å². The average Bonchev–Trinajstić information content (AvgIpc) is 3.85. The Kier molecular flexibility index (Phi) is 9.14. The summed E-state index contributed by atoms with van der Waals surface area (Å²) < 4.78 is 36.2. The number of aryl methyl sites for hydroxylation is 2. The van der Waals surface area contributed by atoms with Gasteiger partial charge in [0.25, 0.3) is 15.9 Å². The van der Waals surface area contributed by atoms with Gasteiger partial charge in [-0.15, -0.1) is 0 Å². The predicted molar refractivity (Wildman–Crippen MR) is 181 cm³/mol. The van der Waals surface area contributed by atoms with Crippen LogP contribution in [0.5, 0.6) is 5.88 Å². The largest absolute Gasteiger partial charge is 0.475 e. The van der Waals surface area contributed by atoms with Gasteiger partial charge in [-0.1, -0.05) is 51.0 Å². The number of aromatic nitrogens is 4. The van der Waals surface area contributed by atoms with Crippen molar-refractivity contribution < 1.29 is 17.9 Å². The zero-order valence-electron chi connectivity index (χ0n) is 27.5. The highest BCUT2D eigenvalue weighted by atomic mass is 32.2. The van der Waals surface area contributed by atoms with Crippen LogP contribution in [0.15, 0.2) is 65.8 Å². The second kappa shape index (κ2) is 13.3. The second-order valence-electron chi connectivity index (χ2n) is 13.0. The highest BCUT2D eigenvalue weighted by molar-refractivity contribution is 7.92. The number of amides is 1. The zero-order valence-corrected chi connectivity index (χ0v) is 28.3. The minimum atomic E-state index is -4.15. The van der Waals surface area contributed by atoms with Gasteiger partial charge < -0.3 is 14.5 Å². The molecule has 6 rings (SSSR count). The van der Waals surface area contributed by atoms with Crippen LogP contribution in [0.4, 0.5) is 11.8 Å². The highest BCUT2D eigenvalue weighted by Gasteiger charge is 2.34. The fourth-order valence-corrected chi connectivity index (χ4v) is 7.06. The maximum absolute atomic E-state index is 14.4. The Balaban J connectivity index is 1.44. The molecule has 1 amide bonds. The fourth-order valence-electron chi connectivity index (χ4n) is 6.07. The topological polar surface area (TPSA) is 131 Å². The molecule has 1 aliphatic carbocycles. The molecule has 1 saturated carbocycles. The van der Waals surface area contributed by atoms with Crippen LogP contribution in [0, 0.1) is 25.7 Å². The van der Waals surface area contributed by atoms with Crippen molar-refractivity contribution in [3.63, 3.8) is 0 Å². The van der Waals surface area contributed by atoms with Crippen molar-refractivity contribution in [2.45, 2.75) is 64.4 Å². The van der Waals surface area contributed by atoms with E-state index in [0.717, 1.165) is 48.3 Å². The van der Waals surface area contributed by atoms with Crippen molar-refractivity contribution in [1.29, 1.82) is 0 Å². The Morgan fingerprint density at radius 2 is 1.77 bits per heavy atom. The molecule has 1 fully saturated rings. The molecule has 246 valence electrons. The minimum Gasteiger partial charge on any atom is -0.475 e. The van der Waals surface area contributed by atoms with Crippen LogP contribution in [0.3, 0.4) is 0 Å². The van der Waals surface area contributed by atoms with Gasteiger partial charge >= 0.3 is 0 Å². The van der Waals surface area contributed by atoms with Gasteiger partial charge in [0.2, 0.25) is 11.8 Å². The number of carbonyl (C=O) groups excluding carboxylic acids is 1. The van der Waals surface area contributed by atoms with Crippen molar-refractivity contribution >= 4 is 27.7 Å². The summed E-state index contributed by atoms with van der Waals surface area (Å²) >= 11 is 0. The van der Waals surface area contributed by atoms with Gasteiger partial charge in [0.1, 0.15) is 12.4 Å².